The Morgan fingerprint density at radius 3 is 2.75 bits per heavy atom. The summed E-state index contributed by atoms with van der Waals surface area (Å²) >= 11 is 3.39. The molecule has 3 aromatic rings. The Kier molecular flexibility index (Phi) is 4.46. The molecule has 2 aromatic heterocycles. The maximum Gasteiger partial charge on any atom is 0.264 e. The Morgan fingerprint density at radius 1 is 1.29 bits per heavy atom. The van der Waals surface area contributed by atoms with E-state index in [-0.39, 0.29) is 10.8 Å². The number of nitrogens with zero attached hydrogens (tertiary/aromatic N) is 2. The molecular formula is C15H15BrN4O3S. The maximum atomic E-state index is 12.5. The van der Waals surface area contributed by atoms with E-state index in [1.54, 1.807) is 18.2 Å². The van der Waals surface area contributed by atoms with E-state index in [1.807, 2.05) is 13.8 Å². The van der Waals surface area contributed by atoms with E-state index >= 15 is 0 Å². The monoisotopic (exact) mass is 410 g/mol. The third kappa shape index (κ3) is 3.36. The van der Waals surface area contributed by atoms with Crippen LogP contribution in [-0.4, -0.2) is 23.6 Å². The molecule has 0 fully saturated rings. The number of anilines is 1. The predicted molar refractivity (Wildman–Crippen MR) is 93.2 cm³/mol. The number of aryl methyl sites for hydroxylation is 2. The number of aromatic amines is 1. The summed E-state index contributed by atoms with van der Waals surface area (Å²) in [5.74, 6) is 0.750. The lowest BCUT2D eigenvalue weighted by Crippen LogP contribution is -2.12. The van der Waals surface area contributed by atoms with Gasteiger partial charge in [0.05, 0.1) is 0 Å². The predicted octanol–water partition coefficient (Wildman–Crippen LogP) is 3.50. The molecule has 7 nitrogen and oxygen atoms in total. The molecule has 24 heavy (non-hydrogen) atoms. The number of benzene rings is 1. The van der Waals surface area contributed by atoms with Crippen molar-refractivity contribution in [3.63, 3.8) is 0 Å². The lowest BCUT2D eigenvalue weighted by Gasteiger charge is -2.08. The topological polar surface area (TPSA) is 101 Å². The van der Waals surface area contributed by atoms with E-state index in [0.29, 0.717) is 23.7 Å². The number of aromatic nitrogens is 3. The lowest BCUT2D eigenvalue weighted by atomic mass is 10.2. The summed E-state index contributed by atoms with van der Waals surface area (Å²) in [5, 5.41) is 7.75. The fourth-order valence-corrected chi connectivity index (χ4v) is 3.37. The minimum absolute atomic E-state index is 0.0920. The van der Waals surface area contributed by atoms with Crippen molar-refractivity contribution in [3.8, 4) is 11.6 Å². The molecule has 126 valence electrons. The van der Waals surface area contributed by atoms with E-state index in [0.717, 1.165) is 10.0 Å². The fraction of sp³-hybridized carbons (Fsp3) is 0.200. The second-order valence-electron chi connectivity index (χ2n) is 5.17. The van der Waals surface area contributed by atoms with Gasteiger partial charge in [0.2, 0.25) is 5.89 Å². The summed E-state index contributed by atoms with van der Waals surface area (Å²) in [7, 11) is -3.72. The molecule has 0 bridgehead atoms. The van der Waals surface area contributed by atoms with Crippen molar-refractivity contribution in [2.24, 2.45) is 0 Å². The van der Waals surface area contributed by atoms with Crippen molar-refractivity contribution in [2.45, 2.75) is 25.2 Å². The van der Waals surface area contributed by atoms with Crippen LogP contribution in [0.3, 0.4) is 0 Å². The molecule has 0 atom stereocenters. The van der Waals surface area contributed by atoms with Crippen LogP contribution in [0.1, 0.15) is 18.4 Å². The summed E-state index contributed by atoms with van der Waals surface area (Å²) in [5.41, 5.74) is 1.88. The van der Waals surface area contributed by atoms with Crippen LogP contribution in [0.4, 0.5) is 5.69 Å². The van der Waals surface area contributed by atoms with Gasteiger partial charge < -0.3 is 9.40 Å². The van der Waals surface area contributed by atoms with Crippen LogP contribution in [0.25, 0.3) is 11.6 Å². The van der Waals surface area contributed by atoms with Crippen LogP contribution in [-0.2, 0) is 16.4 Å². The smallest absolute Gasteiger partial charge is 0.264 e. The van der Waals surface area contributed by atoms with E-state index in [9.17, 15) is 8.42 Å². The zero-order valence-electron chi connectivity index (χ0n) is 13.0. The summed E-state index contributed by atoms with van der Waals surface area (Å²) in [6, 6.07) is 6.69. The number of rotatable bonds is 5. The maximum absolute atomic E-state index is 12.5. The molecule has 1 aromatic carbocycles. The first-order chi connectivity index (χ1) is 11.4. The Morgan fingerprint density at radius 2 is 2.08 bits per heavy atom. The number of halogens is 1. The highest BCUT2D eigenvalue weighted by Crippen LogP contribution is 2.24. The number of sulfonamides is 1. The van der Waals surface area contributed by atoms with Gasteiger partial charge in [-0.25, -0.2) is 8.42 Å². The van der Waals surface area contributed by atoms with Gasteiger partial charge in [-0.05, 0) is 36.8 Å². The normalized spacial score (nSPS) is 11.6. The SMILES string of the molecule is CCc1nnc(-c2cc(S(=O)(=O)Nc3ccc(Br)c(C)c3)c[nH]2)o1. The van der Waals surface area contributed by atoms with Gasteiger partial charge in [0, 0.05) is 22.8 Å². The quantitative estimate of drug-likeness (QED) is 0.669. The summed E-state index contributed by atoms with van der Waals surface area (Å²) in [4.78, 5) is 2.94. The van der Waals surface area contributed by atoms with Gasteiger partial charge in [0.15, 0.2) is 0 Å². The molecule has 0 saturated carbocycles. The molecule has 0 amide bonds. The number of hydrogen-bond acceptors (Lipinski definition) is 5. The van der Waals surface area contributed by atoms with Gasteiger partial charge >= 0.3 is 0 Å². The second-order valence-corrected chi connectivity index (χ2v) is 7.71. The summed E-state index contributed by atoms with van der Waals surface area (Å²) in [6.07, 6.45) is 2.00. The molecule has 2 heterocycles. The van der Waals surface area contributed by atoms with Gasteiger partial charge in [-0.3, -0.25) is 4.72 Å². The first kappa shape index (κ1) is 16.7. The van der Waals surface area contributed by atoms with Crippen LogP contribution in [0.5, 0.6) is 0 Å². The Hall–Kier alpha value is -2.13. The highest BCUT2D eigenvalue weighted by atomic mass is 79.9. The zero-order valence-corrected chi connectivity index (χ0v) is 15.4. The molecule has 0 aliphatic carbocycles. The molecule has 3 rings (SSSR count). The van der Waals surface area contributed by atoms with Crippen molar-refractivity contribution in [3.05, 3.63) is 46.4 Å². The number of H-pyrrole nitrogens is 1. The van der Waals surface area contributed by atoms with Crippen LogP contribution >= 0.6 is 15.9 Å². The summed E-state index contributed by atoms with van der Waals surface area (Å²) < 4.78 is 33.9. The van der Waals surface area contributed by atoms with Crippen molar-refractivity contribution in [2.75, 3.05) is 4.72 Å². The van der Waals surface area contributed by atoms with Crippen LogP contribution < -0.4 is 4.72 Å². The van der Waals surface area contributed by atoms with Crippen LogP contribution in [0, 0.1) is 6.92 Å². The summed E-state index contributed by atoms with van der Waals surface area (Å²) in [6.45, 7) is 3.78. The van der Waals surface area contributed by atoms with E-state index in [1.165, 1.54) is 12.3 Å². The molecule has 9 heteroatoms. The molecule has 0 unspecified atom stereocenters. The minimum atomic E-state index is -3.72. The minimum Gasteiger partial charge on any atom is -0.419 e. The van der Waals surface area contributed by atoms with Gasteiger partial charge in [0.25, 0.3) is 15.9 Å². The van der Waals surface area contributed by atoms with Crippen molar-refractivity contribution in [1.82, 2.24) is 15.2 Å². The van der Waals surface area contributed by atoms with Gasteiger partial charge in [0.1, 0.15) is 10.6 Å². The molecule has 0 aliphatic heterocycles. The van der Waals surface area contributed by atoms with Crippen LogP contribution in [0.2, 0.25) is 0 Å². The number of nitrogens with one attached hydrogen (secondary N) is 2. The van der Waals surface area contributed by atoms with Gasteiger partial charge in [-0.15, -0.1) is 10.2 Å². The molecular weight excluding hydrogens is 396 g/mol. The zero-order chi connectivity index (χ0) is 17.3. The van der Waals surface area contributed by atoms with Gasteiger partial charge in [-0.1, -0.05) is 22.9 Å². The molecule has 2 N–H and O–H groups in total. The Balaban J connectivity index is 1.86. The standard InChI is InChI=1S/C15H15BrN4O3S/c1-3-14-18-19-15(23-14)13-7-11(8-17-13)24(21,22)20-10-4-5-12(16)9(2)6-10/h4-8,17,20H,3H2,1-2H3. The fourth-order valence-electron chi connectivity index (χ4n) is 2.08. The molecule has 0 saturated heterocycles. The van der Waals surface area contributed by atoms with E-state index in [2.05, 4.69) is 35.8 Å². The van der Waals surface area contributed by atoms with E-state index < -0.39 is 10.0 Å². The molecule has 0 aliphatic rings. The van der Waals surface area contributed by atoms with Crippen LogP contribution in [0.15, 0.2) is 44.2 Å². The average molecular weight is 411 g/mol. The Bertz CT molecular complexity index is 978. The van der Waals surface area contributed by atoms with Crippen molar-refractivity contribution < 1.29 is 12.8 Å². The van der Waals surface area contributed by atoms with E-state index in [4.69, 9.17) is 4.42 Å². The average Bonchev–Trinajstić information content (AvgIpc) is 3.19. The van der Waals surface area contributed by atoms with Crippen molar-refractivity contribution in [1.29, 1.82) is 0 Å². The van der Waals surface area contributed by atoms with Gasteiger partial charge in [-0.2, -0.15) is 0 Å². The largest absolute Gasteiger partial charge is 0.419 e. The molecule has 0 spiro atoms. The second kappa shape index (κ2) is 6.40. The Labute approximate surface area is 147 Å². The first-order valence-electron chi connectivity index (χ1n) is 7.19. The third-order valence-corrected chi connectivity index (χ3v) is 5.63. The highest BCUT2D eigenvalue weighted by Gasteiger charge is 2.19. The first-order valence-corrected chi connectivity index (χ1v) is 9.47. The highest BCUT2D eigenvalue weighted by molar-refractivity contribution is 9.10. The molecule has 0 radical (unpaired) electrons. The van der Waals surface area contributed by atoms with Crippen molar-refractivity contribution >= 4 is 31.6 Å². The number of hydrogen-bond donors (Lipinski definition) is 2. The lowest BCUT2D eigenvalue weighted by molar-refractivity contribution is 0.511. The third-order valence-electron chi connectivity index (χ3n) is 3.38.